The summed E-state index contributed by atoms with van der Waals surface area (Å²) in [5, 5.41) is 3.59. The number of hydrogen-bond donors (Lipinski definition) is 1. The molecule has 3 heteroatoms. The molecular weight excluding hydrogens is 260 g/mol. The number of hydrogen-bond acceptors (Lipinski definition) is 3. The molecule has 1 N–H and O–H groups in total. The number of ether oxygens (including phenoxy) is 1. The van der Waals surface area contributed by atoms with Crippen molar-refractivity contribution in [1.29, 1.82) is 0 Å². The van der Waals surface area contributed by atoms with E-state index in [1.165, 1.54) is 29.7 Å². The van der Waals surface area contributed by atoms with Gasteiger partial charge in [0, 0.05) is 24.8 Å². The van der Waals surface area contributed by atoms with Gasteiger partial charge in [-0.25, -0.2) is 0 Å². The average molecular weight is 288 g/mol. The van der Waals surface area contributed by atoms with Crippen molar-refractivity contribution in [3.05, 3.63) is 29.3 Å². The monoisotopic (exact) mass is 288 g/mol. The van der Waals surface area contributed by atoms with Crippen molar-refractivity contribution in [2.45, 2.75) is 64.8 Å². The van der Waals surface area contributed by atoms with Gasteiger partial charge in [-0.1, -0.05) is 19.1 Å². The Morgan fingerprint density at radius 2 is 2.14 bits per heavy atom. The number of rotatable bonds is 5. The van der Waals surface area contributed by atoms with Crippen LogP contribution in [0.2, 0.25) is 0 Å². The summed E-state index contributed by atoms with van der Waals surface area (Å²) in [4.78, 5) is 2.54. The van der Waals surface area contributed by atoms with Crippen LogP contribution in [0.1, 0.15) is 44.2 Å². The zero-order valence-electron chi connectivity index (χ0n) is 13.6. The third-order valence-electron chi connectivity index (χ3n) is 4.68. The van der Waals surface area contributed by atoms with Gasteiger partial charge in [0.05, 0.1) is 18.8 Å². The van der Waals surface area contributed by atoms with Gasteiger partial charge in [0.25, 0.3) is 0 Å². The summed E-state index contributed by atoms with van der Waals surface area (Å²) in [5.74, 6) is 0. The van der Waals surface area contributed by atoms with Gasteiger partial charge in [0.1, 0.15) is 0 Å². The van der Waals surface area contributed by atoms with Crippen LogP contribution in [0.5, 0.6) is 0 Å². The van der Waals surface area contributed by atoms with Gasteiger partial charge in [-0.05, 0) is 50.3 Å². The van der Waals surface area contributed by atoms with Crippen molar-refractivity contribution in [3.8, 4) is 0 Å². The first-order chi connectivity index (χ1) is 10.2. The predicted octanol–water partition coefficient (Wildman–Crippen LogP) is 3.25. The average Bonchev–Trinajstić information content (AvgIpc) is 3.29. The van der Waals surface area contributed by atoms with Gasteiger partial charge in [-0.3, -0.25) is 0 Å². The first-order valence-corrected chi connectivity index (χ1v) is 8.38. The maximum absolute atomic E-state index is 5.82. The fourth-order valence-corrected chi connectivity index (χ4v) is 3.18. The van der Waals surface area contributed by atoms with E-state index in [9.17, 15) is 0 Å². The molecule has 2 fully saturated rings. The topological polar surface area (TPSA) is 24.5 Å². The van der Waals surface area contributed by atoms with Crippen LogP contribution in [0.3, 0.4) is 0 Å². The van der Waals surface area contributed by atoms with E-state index < -0.39 is 0 Å². The molecule has 1 heterocycles. The lowest BCUT2D eigenvalue weighted by Crippen LogP contribution is -2.49. The zero-order valence-corrected chi connectivity index (χ0v) is 13.6. The number of morpholine rings is 1. The van der Waals surface area contributed by atoms with E-state index in [-0.39, 0.29) is 0 Å². The largest absolute Gasteiger partial charge is 0.375 e. The van der Waals surface area contributed by atoms with E-state index in [0.717, 1.165) is 32.2 Å². The van der Waals surface area contributed by atoms with Crippen molar-refractivity contribution >= 4 is 5.69 Å². The maximum Gasteiger partial charge on any atom is 0.0723 e. The number of nitrogens with zero attached hydrogens (tertiary/aromatic N) is 1. The number of aryl methyl sites for hydroxylation is 1. The first-order valence-electron chi connectivity index (χ1n) is 8.38. The molecule has 0 spiro atoms. The van der Waals surface area contributed by atoms with Gasteiger partial charge < -0.3 is 15.0 Å². The summed E-state index contributed by atoms with van der Waals surface area (Å²) in [6.07, 6.45) is 4.15. The van der Waals surface area contributed by atoms with Crippen molar-refractivity contribution in [2.24, 2.45) is 0 Å². The summed E-state index contributed by atoms with van der Waals surface area (Å²) in [6, 6.07) is 8.21. The standard InChI is InChI=1S/C18H28N2O/c1-4-17-12-21-14(3)11-20(17)18-8-5-15(9-13(18)2)10-19-16-6-7-16/h5,8-9,14,16-17,19H,4,6-7,10-12H2,1-3H3. The molecule has 2 aliphatic rings. The minimum Gasteiger partial charge on any atom is -0.375 e. The maximum atomic E-state index is 5.82. The van der Waals surface area contributed by atoms with Crippen LogP contribution in [0.15, 0.2) is 18.2 Å². The molecule has 2 unspecified atom stereocenters. The Balaban J connectivity index is 1.73. The lowest BCUT2D eigenvalue weighted by molar-refractivity contribution is 0.0299. The molecule has 3 nitrogen and oxygen atoms in total. The van der Waals surface area contributed by atoms with E-state index in [4.69, 9.17) is 4.74 Å². The summed E-state index contributed by atoms with van der Waals surface area (Å²) in [7, 11) is 0. The normalized spacial score (nSPS) is 26.1. The number of anilines is 1. The third kappa shape index (κ3) is 3.58. The second kappa shape index (κ2) is 6.37. The quantitative estimate of drug-likeness (QED) is 0.900. The van der Waals surface area contributed by atoms with Gasteiger partial charge in [0.15, 0.2) is 0 Å². The minimum atomic E-state index is 0.323. The van der Waals surface area contributed by atoms with E-state index in [0.29, 0.717) is 12.1 Å². The lowest BCUT2D eigenvalue weighted by Gasteiger charge is -2.40. The molecule has 0 aromatic heterocycles. The molecule has 0 bridgehead atoms. The van der Waals surface area contributed by atoms with Crippen LogP contribution < -0.4 is 10.2 Å². The molecule has 0 amide bonds. The summed E-state index contributed by atoms with van der Waals surface area (Å²) < 4.78 is 5.82. The second-order valence-electron chi connectivity index (χ2n) is 6.63. The van der Waals surface area contributed by atoms with Crippen molar-refractivity contribution in [1.82, 2.24) is 5.32 Å². The summed E-state index contributed by atoms with van der Waals surface area (Å²) in [5.41, 5.74) is 4.17. The molecule has 3 rings (SSSR count). The molecule has 116 valence electrons. The fraction of sp³-hybridized carbons (Fsp3) is 0.667. The zero-order chi connectivity index (χ0) is 14.8. The summed E-state index contributed by atoms with van der Waals surface area (Å²) >= 11 is 0. The fourth-order valence-electron chi connectivity index (χ4n) is 3.18. The van der Waals surface area contributed by atoms with Crippen LogP contribution in [0.25, 0.3) is 0 Å². The van der Waals surface area contributed by atoms with E-state index >= 15 is 0 Å². The van der Waals surface area contributed by atoms with Gasteiger partial charge in [0.2, 0.25) is 0 Å². The molecule has 1 aromatic rings. The SMILES string of the molecule is CCC1COC(C)CN1c1ccc(CNC2CC2)cc1C. The molecule has 1 saturated carbocycles. The lowest BCUT2D eigenvalue weighted by atomic mass is 10.0. The highest BCUT2D eigenvalue weighted by Crippen LogP contribution is 2.28. The van der Waals surface area contributed by atoms with E-state index in [2.05, 4.69) is 49.2 Å². The van der Waals surface area contributed by atoms with Gasteiger partial charge >= 0.3 is 0 Å². The highest BCUT2D eigenvalue weighted by Gasteiger charge is 2.26. The predicted molar refractivity (Wildman–Crippen MR) is 87.9 cm³/mol. The third-order valence-corrected chi connectivity index (χ3v) is 4.68. The van der Waals surface area contributed by atoms with Crippen LogP contribution in [0.4, 0.5) is 5.69 Å². The van der Waals surface area contributed by atoms with Crippen LogP contribution in [0, 0.1) is 6.92 Å². The van der Waals surface area contributed by atoms with Crippen LogP contribution in [-0.4, -0.2) is 31.3 Å². The Labute approximate surface area is 128 Å². The second-order valence-corrected chi connectivity index (χ2v) is 6.63. The smallest absolute Gasteiger partial charge is 0.0723 e. The number of nitrogens with one attached hydrogen (secondary N) is 1. The Kier molecular flexibility index (Phi) is 4.51. The molecule has 1 aliphatic heterocycles. The Morgan fingerprint density at radius 1 is 1.33 bits per heavy atom. The Bertz CT molecular complexity index is 484. The Morgan fingerprint density at radius 3 is 2.81 bits per heavy atom. The number of benzene rings is 1. The molecule has 21 heavy (non-hydrogen) atoms. The van der Waals surface area contributed by atoms with Crippen LogP contribution in [-0.2, 0) is 11.3 Å². The van der Waals surface area contributed by atoms with Crippen molar-refractivity contribution in [3.63, 3.8) is 0 Å². The molecular formula is C18H28N2O. The molecule has 1 aliphatic carbocycles. The van der Waals surface area contributed by atoms with E-state index in [1.807, 2.05) is 0 Å². The van der Waals surface area contributed by atoms with Crippen molar-refractivity contribution < 1.29 is 4.74 Å². The minimum absolute atomic E-state index is 0.323. The highest BCUT2D eigenvalue weighted by atomic mass is 16.5. The van der Waals surface area contributed by atoms with Gasteiger partial charge in [-0.15, -0.1) is 0 Å². The van der Waals surface area contributed by atoms with Crippen LogP contribution >= 0.6 is 0 Å². The molecule has 1 saturated heterocycles. The summed E-state index contributed by atoms with van der Waals surface area (Å²) in [6.45, 7) is 9.51. The first kappa shape index (κ1) is 14.9. The molecule has 1 aromatic carbocycles. The highest BCUT2D eigenvalue weighted by molar-refractivity contribution is 5.55. The van der Waals surface area contributed by atoms with E-state index in [1.54, 1.807) is 0 Å². The molecule has 0 radical (unpaired) electrons. The van der Waals surface area contributed by atoms with Gasteiger partial charge in [-0.2, -0.15) is 0 Å². The molecule has 2 atom stereocenters. The van der Waals surface area contributed by atoms with Crippen molar-refractivity contribution in [2.75, 3.05) is 18.1 Å². The Hall–Kier alpha value is -1.06.